The van der Waals surface area contributed by atoms with Gasteiger partial charge in [0.25, 0.3) is 6.02 Å². The van der Waals surface area contributed by atoms with Gasteiger partial charge in [0, 0.05) is 25.1 Å². The number of ether oxygens (including phenoxy) is 1. The third-order valence-corrected chi connectivity index (χ3v) is 4.95. The number of amidine groups is 1. The molecule has 0 fully saturated rings. The van der Waals surface area contributed by atoms with Gasteiger partial charge in [-0.2, -0.15) is 13.2 Å². The van der Waals surface area contributed by atoms with Crippen molar-refractivity contribution in [3.05, 3.63) is 47.3 Å². The van der Waals surface area contributed by atoms with Crippen molar-refractivity contribution in [3.63, 3.8) is 0 Å². The van der Waals surface area contributed by atoms with Crippen molar-refractivity contribution in [1.82, 2.24) is 4.90 Å². The van der Waals surface area contributed by atoms with Crippen LogP contribution in [0.5, 0.6) is 0 Å². The van der Waals surface area contributed by atoms with E-state index in [9.17, 15) is 22.4 Å². The first-order valence-corrected chi connectivity index (χ1v) is 8.89. The van der Waals surface area contributed by atoms with Crippen LogP contribution < -0.4 is 5.73 Å². The molecule has 2 N–H and O–H groups in total. The fourth-order valence-corrected chi connectivity index (χ4v) is 3.47. The fraction of sp³-hybridized carbons (Fsp3) is 0.474. The van der Waals surface area contributed by atoms with Gasteiger partial charge in [-0.3, -0.25) is 4.79 Å². The maximum absolute atomic E-state index is 14.5. The molecule has 5 nitrogen and oxygen atoms in total. The summed E-state index contributed by atoms with van der Waals surface area (Å²) in [7, 11) is 0. The Labute approximate surface area is 159 Å². The number of hydrogen-bond donors (Lipinski definition) is 1. The number of benzene rings is 1. The normalized spacial score (nSPS) is 25.2. The highest BCUT2D eigenvalue weighted by atomic mass is 19.4. The predicted octanol–water partition coefficient (Wildman–Crippen LogP) is 3.04. The monoisotopic (exact) mass is 399 g/mol. The molecule has 0 saturated heterocycles. The van der Waals surface area contributed by atoms with Crippen LogP contribution in [-0.4, -0.2) is 42.2 Å². The van der Waals surface area contributed by atoms with E-state index in [0.717, 1.165) is 12.5 Å². The lowest BCUT2D eigenvalue weighted by molar-refractivity contribution is -0.208. The number of nitrogens with zero attached hydrogens (tertiary/aromatic N) is 2. The lowest BCUT2D eigenvalue weighted by Gasteiger charge is -2.36. The summed E-state index contributed by atoms with van der Waals surface area (Å²) in [5.41, 5.74) is 4.34. The lowest BCUT2D eigenvalue weighted by atomic mass is 9.84. The molecule has 152 valence electrons. The van der Waals surface area contributed by atoms with Crippen molar-refractivity contribution >= 4 is 11.9 Å². The molecule has 0 saturated carbocycles. The van der Waals surface area contributed by atoms with E-state index in [2.05, 4.69) is 9.73 Å². The molecule has 2 heterocycles. The molecule has 0 spiro atoms. The van der Waals surface area contributed by atoms with E-state index in [1.165, 1.54) is 19.1 Å². The van der Waals surface area contributed by atoms with Crippen LogP contribution in [0.4, 0.5) is 17.6 Å². The number of rotatable bonds is 3. The maximum atomic E-state index is 14.5. The van der Waals surface area contributed by atoms with Crippen LogP contribution >= 0.6 is 0 Å². The minimum absolute atomic E-state index is 0.0234. The molecule has 0 unspecified atom stereocenters. The minimum atomic E-state index is -4.66. The van der Waals surface area contributed by atoms with Gasteiger partial charge in [-0.05, 0) is 31.0 Å². The number of aliphatic imine (C=N–C) groups is 1. The first kappa shape index (κ1) is 20.2. The molecular formula is C19H21F4N3O2. The third-order valence-electron chi connectivity index (χ3n) is 4.95. The molecule has 1 aromatic rings. The van der Waals surface area contributed by atoms with Crippen LogP contribution in [0.1, 0.15) is 30.9 Å². The van der Waals surface area contributed by atoms with Crippen LogP contribution in [0.15, 0.2) is 35.3 Å². The largest absolute Gasteiger partial charge is 0.452 e. The Hall–Kier alpha value is -2.58. The Balaban J connectivity index is 1.87. The maximum Gasteiger partial charge on any atom is 0.425 e. The molecule has 0 radical (unpaired) electrons. The van der Waals surface area contributed by atoms with Crippen molar-refractivity contribution in [2.75, 3.05) is 13.1 Å². The van der Waals surface area contributed by atoms with Crippen molar-refractivity contribution < 1.29 is 27.1 Å². The zero-order valence-corrected chi connectivity index (χ0v) is 15.3. The Morgan fingerprint density at radius 2 is 2.14 bits per heavy atom. The summed E-state index contributed by atoms with van der Waals surface area (Å²) >= 11 is 0. The summed E-state index contributed by atoms with van der Waals surface area (Å²) in [5, 5.41) is 0. The SMILES string of the molecule is C[C@@]1(c2cc(CC(=O)N3CC=CCC3)ccc2F)C[C@@H](C(F)(F)F)OC(N)=N1. The smallest absolute Gasteiger partial charge is 0.425 e. The second-order valence-corrected chi connectivity index (χ2v) is 7.17. The molecule has 0 bridgehead atoms. The fourth-order valence-electron chi connectivity index (χ4n) is 3.47. The van der Waals surface area contributed by atoms with E-state index < -0.39 is 36.1 Å². The Morgan fingerprint density at radius 3 is 2.79 bits per heavy atom. The van der Waals surface area contributed by atoms with Gasteiger partial charge < -0.3 is 15.4 Å². The summed E-state index contributed by atoms with van der Waals surface area (Å²) in [6.45, 7) is 2.49. The van der Waals surface area contributed by atoms with E-state index in [1.54, 1.807) is 4.90 Å². The second-order valence-electron chi connectivity index (χ2n) is 7.17. The van der Waals surface area contributed by atoms with Crippen LogP contribution in [0.2, 0.25) is 0 Å². The molecule has 2 aliphatic rings. The van der Waals surface area contributed by atoms with E-state index in [-0.39, 0.29) is 17.9 Å². The number of alkyl halides is 3. The zero-order chi connectivity index (χ0) is 20.5. The van der Waals surface area contributed by atoms with Gasteiger partial charge in [0.15, 0.2) is 6.10 Å². The quantitative estimate of drug-likeness (QED) is 0.628. The molecule has 1 amide bonds. The highest BCUT2D eigenvalue weighted by Gasteiger charge is 2.50. The van der Waals surface area contributed by atoms with Gasteiger partial charge in [0.1, 0.15) is 5.82 Å². The molecule has 0 aromatic heterocycles. The number of carbonyl (C=O) groups excluding carboxylic acids is 1. The van der Waals surface area contributed by atoms with Gasteiger partial charge in [-0.1, -0.05) is 18.2 Å². The number of amides is 1. The van der Waals surface area contributed by atoms with E-state index in [0.29, 0.717) is 18.7 Å². The number of hydrogen-bond acceptors (Lipinski definition) is 4. The zero-order valence-electron chi connectivity index (χ0n) is 15.3. The number of carbonyl (C=O) groups is 1. The van der Waals surface area contributed by atoms with Gasteiger partial charge >= 0.3 is 6.18 Å². The highest BCUT2D eigenvalue weighted by molar-refractivity contribution is 5.79. The number of halogens is 4. The van der Waals surface area contributed by atoms with E-state index in [4.69, 9.17) is 5.73 Å². The summed E-state index contributed by atoms with van der Waals surface area (Å²) in [4.78, 5) is 18.1. The van der Waals surface area contributed by atoms with E-state index >= 15 is 0 Å². The highest BCUT2D eigenvalue weighted by Crippen LogP contribution is 2.40. The molecule has 2 aliphatic heterocycles. The van der Waals surface area contributed by atoms with Crippen LogP contribution in [0.25, 0.3) is 0 Å². The van der Waals surface area contributed by atoms with Crippen LogP contribution in [0.3, 0.4) is 0 Å². The summed E-state index contributed by atoms with van der Waals surface area (Å²) in [5.74, 6) is -0.839. The van der Waals surface area contributed by atoms with Crippen molar-refractivity contribution in [1.29, 1.82) is 0 Å². The second kappa shape index (κ2) is 7.44. The molecule has 28 heavy (non-hydrogen) atoms. The van der Waals surface area contributed by atoms with Crippen molar-refractivity contribution in [2.45, 2.75) is 44.0 Å². The van der Waals surface area contributed by atoms with Gasteiger partial charge in [-0.15, -0.1) is 0 Å². The molecule has 2 atom stereocenters. The summed E-state index contributed by atoms with van der Waals surface area (Å²) in [6.07, 6.45) is -2.77. The molecule has 9 heteroatoms. The van der Waals surface area contributed by atoms with Gasteiger partial charge in [0.05, 0.1) is 12.0 Å². The van der Waals surface area contributed by atoms with E-state index in [1.807, 2.05) is 12.2 Å². The molecule has 1 aromatic carbocycles. The Bertz CT molecular complexity index is 822. The molecular weight excluding hydrogens is 378 g/mol. The molecule has 3 rings (SSSR count). The predicted molar refractivity (Wildman–Crippen MR) is 95.0 cm³/mol. The minimum Gasteiger partial charge on any atom is -0.452 e. The summed E-state index contributed by atoms with van der Waals surface area (Å²) < 4.78 is 58.5. The first-order chi connectivity index (χ1) is 13.1. The lowest BCUT2D eigenvalue weighted by Crippen LogP contribution is -2.46. The van der Waals surface area contributed by atoms with Crippen LogP contribution in [-0.2, 0) is 21.5 Å². The average Bonchev–Trinajstić information content (AvgIpc) is 2.62. The van der Waals surface area contributed by atoms with Crippen molar-refractivity contribution in [2.24, 2.45) is 10.7 Å². The van der Waals surface area contributed by atoms with Crippen molar-refractivity contribution in [3.8, 4) is 0 Å². The third kappa shape index (κ3) is 4.28. The standard InChI is InChI=1S/C19H21F4N3O2/c1-18(11-15(19(21,22)23)28-17(24)25-18)13-9-12(5-6-14(13)20)10-16(27)26-7-3-2-4-8-26/h2-3,5-6,9,15H,4,7-8,10-11H2,1H3,(H2,24,25)/t15-,18-/m0/s1. The molecule has 0 aliphatic carbocycles. The first-order valence-electron chi connectivity index (χ1n) is 8.89. The van der Waals surface area contributed by atoms with Gasteiger partial charge in [0.2, 0.25) is 5.91 Å². The topological polar surface area (TPSA) is 67.9 Å². The Kier molecular flexibility index (Phi) is 5.36. The summed E-state index contributed by atoms with van der Waals surface area (Å²) in [6, 6.07) is 3.34. The van der Waals surface area contributed by atoms with Gasteiger partial charge in [-0.25, -0.2) is 9.38 Å². The number of nitrogens with two attached hydrogens (primary N) is 1. The Morgan fingerprint density at radius 1 is 1.39 bits per heavy atom. The average molecular weight is 399 g/mol. The van der Waals surface area contributed by atoms with Crippen LogP contribution in [0, 0.1) is 5.82 Å².